The maximum absolute atomic E-state index is 14.9. The van der Waals surface area contributed by atoms with E-state index in [4.69, 9.17) is 4.74 Å². The molecule has 1 saturated heterocycles. The van der Waals surface area contributed by atoms with E-state index in [-0.39, 0.29) is 17.3 Å². The number of aromatic amines is 1. The third kappa shape index (κ3) is 3.69. The normalized spacial score (nSPS) is 18.1. The van der Waals surface area contributed by atoms with Crippen molar-refractivity contribution in [2.24, 2.45) is 0 Å². The number of fused-ring (bicyclic) bond motifs is 1. The maximum Gasteiger partial charge on any atom is 0.311 e. The molecule has 1 fully saturated rings. The lowest BCUT2D eigenvalue weighted by Crippen LogP contribution is -2.46. The van der Waals surface area contributed by atoms with E-state index >= 15 is 0 Å². The molecule has 7 nitrogen and oxygen atoms in total. The van der Waals surface area contributed by atoms with E-state index in [1.165, 1.54) is 7.11 Å². The van der Waals surface area contributed by atoms with Crippen LogP contribution in [0, 0.1) is 5.82 Å². The van der Waals surface area contributed by atoms with Crippen molar-refractivity contribution in [3.8, 4) is 5.88 Å². The highest BCUT2D eigenvalue weighted by Gasteiger charge is 2.24. The molecule has 0 spiro atoms. The van der Waals surface area contributed by atoms with Gasteiger partial charge in [-0.1, -0.05) is 12.1 Å². The summed E-state index contributed by atoms with van der Waals surface area (Å²) >= 11 is 0. The summed E-state index contributed by atoms with van der Waals surface area (Å²) in [7, 11) is 3.07. The molecule has 0 radical (unpaired) electrons. The van der Waals surface area contributed by atoms with Gasteiger partial charge in [-0.2, -0.15) is 4.39 Å². The first-order valence-electron chi connectivity index (χ1n) is 9.48. The second-order valence-corrected chi connectivity index (χ2v) is 7.23. The molecule has 2 aromatic rings. The van der Waals surface area contributed by atoms with Gasteiger partial charge >= 0.3 is 5.56 Å². The molecule has 0 atom stereocenters. The fourth-order valence-electron chi connectivity index (χ4n) is 3.70. The Hall–Kier alpha value is -2.94. The molecular formula is C20H23F2N5O2. The first kappa shape index (κ1) is 19.4. The van der Waals surface area contributed by atoms with Crippen molar-refractivity contribution in [1.82, 2.24) is 24.7 Å². The number of nitrogens with zero attached hydrogens (tertiary/aromatic N) is 4. The number of aromatic nitrogens is 2. The minimum Gasteiger partial charge on any atom is -0.477 e. The molecule has 1 aromatic heterocycles. The van der Waals surface area contributed by atoms with Gasteiger partial charge in [-0.15, -0.1) is 0 Å². The van der Waals surface area contributed by atoms with E-state index in [1.54, 1.807) is 24.1 Å². The van der Waals surface area contributed by atoms with E-state index in [1.807, 2.05) is 17.1 Å². The predicted molar refractivity (Wildman–Crippen MR) is 106 cm³/mol. The Morgan fingerprint density at radius 3 is 2.69 bits per heavy atom. The van der Waals surface area contributed by atoms with Gasteiger partial charge in [0.15, 0.2) is 5.82 Å². The van der Waals surface area contributed by atoms with Gasteiger partial charge < -0.3 is 19.5 Å². The summed E-state index contributed by atoms with van der Waals surface area (Å²) in [6.45, 7) is 3.66. The number of benzene rings is 1. The second kappa shape index (κ2) is 7.82. The Labute approximate surface area is 166 Å². The zero-order chi connectivity index (χ0) is 20.5. The van der Waals surface area contributed by atoms with Crippen LogP contribution in [0.25, 0.3) is 11.0 Å². The van der Waals surface area contributed by atoms with E-state index in [0.717, 1.165) is 0 Å². The molecule has 0 aliphatic carbocycles. The van der Waals surface area contributed by atoms with Crippen LogP contribution in [0.4, 0.5) is 8.78 Å². The average Bonchev–Trinajstić information content (AvgIpc) is 2.73. The van der Waals surface area contributed by atoms with E-state index in [2.05, 4.69) is 14.9 Å². The fourth-order valence-corrected chi connectivity index (χ4v) is 3.70. The van der Waals surface area contributed by atoms with Crippen LogP contribution in [0.1, 0.15) is 5.56 Å². The minimum atomic E-state index is -0.564. The van der Waals surface area contributed by atoms with Gasteiger partial charge in [0, 0.05) is 51.9 Å². The molecule has 3 heterocycles. The van der Waals surface area contributed by atoms with Crippen LogP contribution < -0.4 is 10.3 Å². The molecule has 1 N–H and O–H groups in total. The number of methoxy groups -OCH3 is 1. The predicted octanol–water partition coefficient (Wildman–Crippen LogP) is 1.83. The van der Waals surface area contributed by atoms with Crippen LogP contribution in [0.3, 0.4) is 0 Å². The van der Waals surface area contributed by atoms with Gasteiger partial charge in [0.25, 0.3) is 5.88 Å². The summed E-state index contributed by atoms with van der Waals surface area (Å²) in [4.78, 5) is 24.1. The highest BCUT2D eigenvalue weighted by atomic mass is 19.1. The monoisotopic (exact) mass is 403 g/mol. The van der Waals surface area contributed by atoms with Gasteiger partial charge in [-0.25, -0.2) is 9.37 Å². The smallest absolute Gasteiger partial charge is 0.311 e. The molecule has 4 rings (SSSR count). The molecule has 0 unspecified atom stereocenters. The van der Waals surface area contributed by atoms with Gasteiger partial charge in [-0.05, 0) is 12.1 Å². The second-order valence-electron chi connectivity index (χ2n) is 7.23. The summed E-state index contributed by atoms with van der Waals surface area (Å²) < 4.78 is 34.2. The lowest BCUT2D eigenvalue weighted by Gasteiger charge is -2.38. The summed E-state index contributed by atoms with van der Waals surface area (Å²) in [5.74, 6) is -0.791. The van der Waals surface area contributed by atoms with Crippen molar-refractivity contribution in [2.75, 3.05) is 46.9 Å². The Morgan fingerprint density at radius 2 is 1.97 bits per heavy atom. The number of halogens is 2. The summed E-state index contributed by atoms with van der Waals surface area (Å²) in [5.41, 5.74) is 0.937. The zero-order valence-electron chi connectivity index (χ0n) is 16.4. The number of piperazine rings is 1. The Balaban J connectivity index is 1.48. The van der Waals surface area contributed by atoms with Gasteiger partial charge in [-0.3, -0.25) is 9.69 Å². The van der Waals surface area contributed by atoms with E-state index < -0.39 is 11.4 Å². The quantitative estimate of drug-likeness (QED) is 0.786. The lowest BCUT2D eigenvalue weighted by molar-refractivity contribution is 0.146. The maximum atomic E-state index is 14.9. The standard InChI is InChI=1S/C20H23F2N5O2/c1-25-7-3-4-15(18(25)22)27-10-8-26(9-11-27)12-13-5-6-14-17(16(13)21)24-19(28)20(23-14)29-2/h3-6H,7-12H2,1-2H3,(H,24,28). The van der Waals surface area contributed by atoms with Crippen LogP contribution in [-0.4, -0.2) is 71.5 Å². The van der Waals surface area contributed by atoms with E-state index in [0.29, 0.717) is 56.0 Å². The molecule has 9 heteroatoms. The van der Waals surface area contributed by atoms with Crippen LogP contribution in [-0.2, 0) is 6.54 Å². The average molecular weight is 403 g/mol. The van der Waals surface area contributed by atoms with Crippen molar-refractivity contribution >= 4 is 11.0 Å². The number of rotatable bonds is 4. The number of hydrogen-bond donors (Lipinski definition) is 1. The minimum absolute atomic E-state index is 0.0783. The molecule has 2 aliphatic rings. The van der Waals surface area contributed by atoms with Gasteiger partial charge in [0.2, 0.25) is 5.95 Å². The van der Waals surface area contributed by atoms with Crippen molar-refractivity contribution < 1.29 is 13.5 Å². The van der Waals surface area contributed by atoms with E-state index in [9.17, 15) is 13.6 Å². The largest absolute Gasteiger partial charge is 0.477 e. The molecule has 1 aromatic carbocycles. The Kier molecular flexibility index (Phi) is 5.23. The lowest BCUT2D eigenvalue weighted by atomic mass is 10.1. The van der Waals surface area contributed by atoms with Crippen molar-refractivity contribution in [2.45, 2.75) is 6.54 Å². The third-order valence-corrected chi connectivity index (χ3v) is 5.36. The van der Waals surface area contributed by atoms with Crippen molar-refractivity contribution in [3.63, 3.8) is 0 Å². The van der Waals surface area contributed by atoms with Crippen LogP contribution in [0.2, 0.25) is 0 Å². The fraction of sp³-hybridized carbons (Fsp3) is 0.400. The SMILES string of the molecule is COc1nc2ccc(CN3CCN(C4=C(F)N(C)CC=C4)CC3)c(F)c2[nH]c1=O. The summed E-state index contributed by atoms with van der Waals surface area (Å²) in [5, 5.41) is 0. The number of nitrogens with one attached hydrogen (secondary N) is 1. The molecular weight excluding hydrogens is 380 g/mol. The van der Waals surface area contributed by atoms with Crippen molar-refractivity contribution in [3.05, 3.63) is 57.7 Å². The Morgan fingerprint density at radius 1 is 1.21 bits per heavy atom. The third-order valence-electron chi connectivity index (χ3n) is 5.36. The zero-order valence-corrected chi connectivity index (χ0v) is 16.4. The molecule has 2 aliphatic heterocycles. The highest BCUT2D eigenvalue weighted by Crippen LogP contribution is 2.23. The molecule has 0 bridgehead atoms. The molecule has 29 heavy (non-hydrogen) atoms. The molecule has 154 valence electrons. The molecule has 0 amide bonds. The topological polar surface area (TPSA) is 64.7 Å². The summed E-state index contributed by atoms with van der Waals surface area (Å²) in [6.07, 6.45) is 3.77. The Bertz CT molecular complexity index is 1040. The first-order chi connectivity index (χ1) is 14.0. The summed E-state index contributed by atoms with van der Waals surface area (Å²) in [6, 6.07) is 3.35. The number of H-pyrrole nitrogens is 1. The number of ether oxygens (including phenoxy) is 1. The number of likely N-dealkylation sites (N-methyl/N-ethyl adjacent to an activating group) is 1. The highest BCUT2D eigenvalue weighted by molar-refractivity contribution is 5.76. The number of allylic oxidation sites excluding steroid dienone is 1. The van der Waals surface area contributed by atoms with Crippen molar-refractivity contribution in [1.29, 1.82) is 0 Å². The number of hydrogen-bond acceptors (Lipinski definition) is 6. The van der Waals surface area contributed by atoms with Gasteiger partial charge in [0.05, 0.1) is 18.3 Å². The van der Waals surface area contributed by atoms with Gasteiger partial charge in [0.1, 0.15) is 5.52 Å². The van der Waals surface area contributed by atoms with Crippen LogP contribution in [0.5, 0.6) is 5.88 Å². The molecule has 0 saturated carbocycles. The first-order valence-corrected chi connectivity index (χ1v) is 9.48. The van der Waals surface area contributed by atoms with Crippen LogP contribution in [0.15, 0.2) is 40.7 Å². The van der Waals surface area contributed by atoms with Crippen LogP contribution >= 0.6 is 0 Å².